The van der Waals surface area contributed by atoms with Gasteiger partial charge in [0.1, 0.15) is 0 Å². The van der Waals surface area contributed by atoms with Gasteiger partial charge in [0.05, 0.1) is 13.0 Å². The van der Waals surface area contributed by atoms with Gasteiger partial charge >= 0.3 is 5.97 Å². The lowest BCUT2D eigenvalue weighted by Crippen LogP contribution is -2.35. The molecule has 1 aliphatic carbocycles. The van der Waals surface area contributed by atoms with E-state index in [2.05, 4.69) is 36.5 Å². The zero-order valence-corrected chi connectivity index (χ0v) is 11.8. The molecular formula is C16H23NO2. The molecule has 104 valence electrons. The minimum Gasteiger partial charge on any atom is -0.469 e. The van der Waals surface area contributed by atoms with Crippen molar-refractivity contribution < 1.29 is 9.53 Å². The molecule has 0 radical (unpaired) electrons. The van der Waals surface area contributed by atoms with E-state index in [0.717, 1.165) is 32.2 Å². The van der Waals surface area contributed by atoms with Crippen LogP contribution in [0.1, 0.15) is 36.8 Å². The Morgan fingerprint density at radius 1 is 1.26 bits per heavy atom. The average molecular weight is 261 g/mol. The number of ether oxygens (including phenoxy) is 1. The minimum absolute atomic E-state index is 0.0441. The molecule has 0 heterocycles. The number of benzene rings is 1. The molecule has 0 bridgehead atoms. The summed E-state index contributed by atoms with van der Waals surface area (Å²) in [5.41, 5.74) is 2.69. The monoisotopic (exact) mass is 261 g/mol. The fourth-order valence-electron chi connectivity index (χ4n) is 2.76. The number of hydrogen-bond acceptors (Lipinski definition) is 3. The van der Waals surface area contributed by atoms with Gasteiger partial charge in [0.2, 0.25) is 0 Å². The van der Waals surface area contributed by atoms with E-state index in [4.69, 9.17) is 4.74 Å². The quantitative estimate of drug-likeness (QED) is 0.847. The topological polar surface area (TPSA) is 38.3 Å². The van der Waals surface area contributed by atoms with Crippen LogP contribution in [0.25, 0.3) is 0 Å². The number of esters is 1. The van der Waals surface area contributed by atoms with Crippen LogP contribution in [0.5, 0.6) is 0 Å². The van der Waals surface area contributed by atoms with Crippen LogP contribution in [0, 0.1) is 12.8 Å². The first kappa shape index (κ1) is 14.1. The van der Waals surface area contributed by atoms with Crippen molar-refractivity contribution in [3.8, 4) is 0 Å². The third kappa shape index (κ3) is 3.80. The summed E-state index contributed by atoms with van der Waals surface area (Å²) < 4.78 is 4.81. The maximum Gasteiger partial charge on any atom is 0.308 e. The standard InChI is InChI=1S/C16H23NO2/c1-12-5-3-4-6-14(12)11-17-15-9-7-13(8-10-15)16(18)19-2/h3-6,13,15,17H,7-11H2,1-2H3. The van der Waals surface area contributed by atoms with Crippen molar-refractivity contribution in [2.75, 3.05) is 7.11 Å². The first-order valence-corrected chi connectivity index (χ1v) is 7.06. The van der Waals surface area contributed by atoms with Crippen LogP contribution in [0.15, 0.2) is 24.3 Å². The van der Waals surface area contributed by atoms with Crippen LogP contribution >= 0.6 is 0 Å². The van der Waals surface area contributed by atoms with Gasteiger partial charge in [0, 0.05) is 12.6 Å². The predicted molar refractivity (Wildman–Crippen MR) is 75.8 cm³/mol. The van der Waals surface area contributed by atoms with Gasteiger partial charge in [0.15, 0.2) is 0 Å². The molecule has 0 amide bonds. The molecule has 1 saturated carbocycles. The Kier molecular flexibility index (Phi) is 4.97. The zero-order chi connectivity index (χ0) is 13.7. The number of carbonyl (C=O) groups excluding carboxylic acids is 1. The summed E-state index contributed by atoms with van der Waals surface area (Å²) in [5, 5.41) is 3.60. The highest BCUT2D eigenvalue weighted by Crippen LogP contribution is 2.25. The summed E-state index contributed by atoms with van der Waals surface area (Å²) in [5.74, 6) is 0.0684. The normalized spacial score (nSPS) is 23.1. The van der Waals surface area contributed by atoms with Crippen LogP contribution in [0.2, 0.25) is 0 Å². The van der Waals surface area contributed by atoms with Crippen molar-refractivity contribution >= 4 is 5.97 Å². The van der Waals surface area contributed by atoms with Crippen LogP contribution in [0.4, 0.5) is 0 Å². The number of rotatable bonds is 4. The number of nitrogens with one attached hydrogen (secondary N) is 1. The third-order valence-electron chi connectivity index (χ3n) is 4.10. The van der Waals surface area contributed by atoms with Crippen molar-refractivity contribution in [1.82, 2.24) is 5.32 Å². The molecular weight excluding hydrogens is 238 g/mol. The van der Waals surface area contributed by atoms with Crippen molar-refractivity contribution in [1.29, 1.82) is 0 Å². The largest absolute Gasteiger partial charge is 0.469 e. The van der Waals surface area contributed by atoms with Gasteiger partial charge in [-0.15, -0.1) is 0 Å². The lowest BCUT2D eigenvalue weighted by molar-refractivity contribution is -0.146. The van der Waals surface area contributed by atoms with Crippen molar-refractivity contribution in [2.45, 2.75) is 45.2 Å². The van der Waals surface area contributed by atoms with E-state index in [1.54, 1.807) is 0 Å². The van der Waals surface area contributed by atoms with Crippen LogP contribution in [0.3, 0.4) is 0 Å². The van der Waals surface area contributed by atoms with Gasteiger partial charge < -0.3 is 10.1 Å². The van der Waals surface area contributed by atoms with E-state index >= 15 is 0 Å². The van der Waals surface area contributed by atoms with Gasteiger partial charge in [-0.05, 0) is 43.7 Å². The van der Waals surface area contributed by atoms with Gasteiger partial charge in [-0.25, -0.2) is 0 Å². The van der Waals surface area contributed by atoms with Crippen molar-refractivity contribution in [3.05, 3.63) is 35.4 Å². The van der Waals surface area contributed by atoms with Gasteiger partial charge in [0.25, 0.3) is 0 Å². The molecule has 3 nitrogen and oxygen atoms in total. The minimum atomic E-state index is -0.0441. The second-order valence-corrected chi connectivity index (χ2v) is 5.38. The number of methoxy groups -OCH3 is 1. The second kappa shape index (κ2) is 6.71. The molecule has 1 N–H and O–H groups in total. The van der Waals surface area contributed by atoms with E-state index in [9.17, 15) is 4.79 Å². The Labute approximate surface area is 115 Å². The summed E-state index contributed by atoms with van der Waals surface area (Å²) >= 11 is 0. The molecule has 1 aromatic carbocycles. The number of hydrogen-bond donors (Lipinski definition) is 1. The van der Waals surface area contributed by atoms with Crippen LogP contribution < -0.4 is 5.32 Å². The van der Waals surface area contributed by atoms with Crippen molar-refractivity contribution in [2.24, 2.45) is 5.92 Å². The first-order chi connectivity index (χ1) is 9.20. The highest BCUT2D eigenvalue weighted by Gasteiger charge is 2.26. The molecule has 0 unspecified atom stereocenters. The lowest BCUT2D eigenvalue weighted by Gasteiger charge is -2.27. The Hall–Kier alpha value is -1.35. The molecule has 2 rings (SSSR count). The average Bonchev–Trinajstić information content (AvgIpc) is 2.46. The molecule has 0 aliphatic heterocycles. The Bertz CT molecular complexity index is 423. The fraction of sp³-hybridized carbons (Fsp3) is 0.562. The highest BCUT2D eigenvalue weighted by molar-refractivity contribution is 5.72. The molecule has 19 heavy (non-hydrogen) atoms. The van der Waals surface area contributed by atoms with Crippen LogP contribution in [-0.2, 0) is 16.1 Å². The fourth-order valence-corrected chi connectivity index (χ4v) is 2.76. The second-order valence-electron chi connectivity index (χ2n) is 5.38. The summed E-state index contributed by atoms with van der Waals surface area (Å²) in [6, 6.07) is 8.99. The summed E-state index contributed by atoms with van der Waals surface area (Å²) in [7, 11) is 1.48. The van der Waals surface area contributed by atoms with E-state index < -0.39 is 0 Å². The number of aryl methyl sites for hydroxylation is 1. The van der Waals surface area contributed by atoms with Crippen molar-refractivity contribution in [3.63, 3.8) is 0 Å². The van der Waals surface area contributed by atoms with Gasteiger partial charge in [-0.2, -0.15) is 0 Å². The summed E-state index contributed by atoms with van der Waals surface area (Å²) in [4.78, 5) is 11.5. The van der Waals surface area contributed by atoms with Gasteiger partial charge in [-0.1, -0.05) is 24.3 Å². The predicted octanol–water partition coefficient (Wildman–Crippen LogP) is 2.82. The Morgan fingerprint density at radius 3 is 2.58 bits per heavy atom. The summed E-state index contributed by atoms with van der Waals surface area (Å²) in [6.45, 7) is 3.06. The maximum atomic E-state index is 11.5. The third-order valence-corrected chi connectivity index (χ3v) is 4.10. The lowest BCUT2D eigenvalue weighted by atomic mass is 9.86. The van der Waals surface area contributed by atoms with E-state index in [-0.39, 0.29) is 11.9 Å². The molecule has 3 heteroatoms. The SMILES string of the molecule is COC(=O)C1CCC(NCc2ccccc2C)CC1. The van der Waals surface area contributed by atoms with E-state index in [1.165, 1.54) is 18.2 Å². The Balaban J connectivity index is 1.77. The molecule has 1 aromatic rings. The molecule has 0 spiro atoms. The van der Waals surface area contributed by atoms with Gasteiger partial charge in [-0.3, -0.25) is 4.79 Å². The molecule has 1 aliphatic rings. The Morgan fingerprint density at radius 2 is 1.95 bits per heavy atom. The molecule has 0 atom stereocenters. The van der Waals surface area contributed by atoms with Crippen LogP contribution in [-0.4, -0.2) is 19.1 Å². The smallest absolute Gasteiger partial charge is 0.308 e. The number of carbonyl (C=O) groups is 1. The molecule has 0 aromatic heterocycles. The van der Waals surface area contributed by atoms with E-state index in [1.807, 2.05) is 0 Å². The summed E-state index contributed by atoms with van der Waals surface area (Å²) in [6.07, 6.45) is 4.01. The maximum absolute atomic E-state index is 11.5. The zero-order valence-electron chi connectivity index (χ0n) is 11.8. The molecule has 0 saturated heterocycles. The highest BCUT2D eigenvalue weighted by atomic mass is 16.5. The molecule has 1 fully saturated rings. The first-order valence-electron chi connectivity index (χ1n) is 7.06. The van der Waals surface area contributed by atoms with E-state index in [0.29, 0.717) is 6.04 Å².